The van der Waals surface area contributed by atoms with Crippen molar-refractivity contribution in [3.8, 4) is 0 Å². The Hall–Kier alpha value is -1.19. The summed E-state index contributed by atoms with van der Waals surface area (Å²) in [5, 5.41) is 0. The number of nitrogens with two attached hydrogens (primary N) is 1. The number of hydrogen-bond donors (Lipinski definition) is 1. The lowest BCUT2D eigenvalue weighted by Gasteiger charge is -1.95. The van der Waals surface area contributed by atoms with Gasteiger partial charge in [-0.15, -0.1) is 0 Å². The molecule has 1 aromatic rings. The van der Waals surface area contributed by atoms with Gasteiger partial charge < -0.3 is 5.73 Å². The van der Waals surface area contributed by atoms with Gasteiger partial charge in [-0.05, 0) is 0 Å². The number of anilines is 1. The number of halogens is 3. The highest BCUT2D eigenvalue weighted by Crippen LogP contribution is 2.13. The van der Waals surface area contributed by atoms with E-state index in [1.807, 2.05) is 0 Å². The molecule has 1 aromatic carbocycles. The standard InChI is InChI=1S/C6H4F3N/c7-4-1-3(10)2-5(8)6(4)9/h1-2H,10H2/i1D,2D. The average Bonchev–Trinajstić information content (AvgIpc) is 2.08. The Balaban J connectivity index is 3.60. The highest BCUT2D eigenvalue weighted by Gasteiger charge is 2.07. The van der Waals surface area contributed by atoms with Crippen LogP contribution >= 0.6 is 0 Å². The average molecular weight is 149 g/mol. The van der Waals surface area contributed by atoms with Crippen LogP contribution in [-0.4, -0.2) is 0 Å². The van der Waals surface area contributed by atoms with Crippen molar-refractivity contribution < 1.29 is 15.9 Å². The maximum Gasteiger partial charge on any atom is 0.194 e. The van der Waals surface area contributed by atoms with E-state index in [-0.39, 0.29) is 0 Å². The maximum absolute atomic E-state index is 12.5. The van der Waals surface area contributed by atoms with Gasteiger partial charge in [-0.25, -0.2) is 13.2 Å². The van der Waals surface area contributed by atoms with Gasteiger partial charge in [-0.1, -0.05) is 0 Å². The van der Waals surface area contributed by atoms with Gasteiger partial charge in [0.25, 0.3) is 0 Å². The van der Waals surface area contributed by atoms with Gasteiger partial charge in [0.2, 0.25) is 0 Å². The molecule has 0 bridgehead atoms. The van der Waals surface area contributed by atoms with Crippen LogP contribution < -0.4 is 5.73 Å². The second-order valence-corrected chi connectivity index (χ2v) is 1.61. The lowest BCUT2D eigenvalue weighted by atomic mass is 10.3. The van der Waals surface area contributed by atoms with Crippen molar-refractivity contribution in [1.82, 2.24) is 0 Å². The lowest BCUT2D eigenvalue weighted by molar-refractivity contribution is 0.448. The first kappa shape index (κ1) is 4.60. The molecule has 0 atom stereocenters. The monoisotopic (exact) mass is 149 g/mol. The predicted octanol–water partition coefficient (Wildman–Crippen LogP) is 1.69. The van der Waals surface area contributed by atoms with Gasteiger partial charge in [0.05, 0.1) is 2.74 Å². The van der Waals surface area contributed by atoms with Crippen LogP contribution in [0.4, 0.5) is 18.9 Å². The molecule has 0 saturated carbocycles. The Morgan fingerprint density at radius 3 is 2.00 bits per heavy atom. The normalized spacial score (nSPS) is 12.7. The van der Waals surface area contributed by atoms with E-state index >= 15 is 0 Å². The first-order valence-corrected chi connectivity index (χ1v) is 2.36. The van der Waals surface area contributed by atoms with Gasteiger partial charge >= 0.3 is 0 Å². The van der Waals surface area contributed by atoms with Crippen molar-refractivity contribution in [2.24, 2.45) is 0 Å². The van der Waals surface area contributed by atoms with Crippen LogP contribution in [0, 0.1) is 17.5 Å². The van der Waals surface area contributed by atoms with Crippen molar-refractivity contribution in [2.75, 3.05) is 5.73 Å². The van der Waals surface area contributed by atoms with Crippen molar-refractivity contribution in [3.05, 3.63) is 29.5 Å². The number of rotatable bonds is 0. The third-order valence-electron chi connectivity index (χ3n) is 0.874. The van der Waals surface area contributed by atoms with Crippen molar-refractivity contribution >= 4 is 5.69 Å². The van der Waals surface area contributed by atoms with Gasteiger partial charge in [-0.3, -0.25) is 0 Å². The highest BCUT2D eigenvalue weighted by atomic mass is 19.2. The molecule has 10 heavy (non-hydrogen) atoms. The summed E-state index contributed by atoms with van der Waals surface area (Å²) in [6.07, 6.45) is 0. The summed E-state index contributed by atoms with van der Waals surface area (Å²) >= 11 is 0. The first-order valence-electron chi connectivity index (χ1n) is 3.36. The second kappa shape index (κ2) is 2.21. The van der Waals surface area contributed by atoms with E-state index in [0.717, 1.165) is 0 Å². The second-order valence-electron chi connectivity index (χ2n) is 1.61. The number of hydrogen-bond acceptors (Lipinski definition) is 1. The highest BCUT2D eigenvalue weighted by molar-refractivity contribution is 5.38. The molecule has 0 spiro atoms. The van der Waals surface area contributed by atoms with Crippen LogP contribution in [0.15, 0.2) is 12.1 Å². The fourth-order valence-corrected chi connectivity index (χ4v) is 0.474. The number of benzene rings is 1. The molecule has 0 aromatic heterocycles. The zero-order valence-corrected chi connectivity index (χ0v) is 4.71. The molecule has 4 heteroatoms. The van der Waals surface area contributed by atoms with Crippen molar-refractivity contribution in [3.63, 3.8) is 0 Å². The smallest absolute Gasteiger partial charge is 0.194 e. The molecule has 54 valence electrons. The Morgan fingerprint density at radius 1 is 1.20 bits per heavy atom. The van der Waals surface area contributed by atoms with E-state index in [9.17, 15) is 13.2 Å². The lowest BCUT2D eigenvalue weighted by Crippen LogP contribution is -1.93. The maximum atomic E-state index is 12.5. The van der Waals surface area contributed by atoms with Gasteiger partial charge in [-0.2, -0.15) is 0 Å². The van der Waals surface area contributed by atoms with E-state index in [1.54, 1.807) is 0 Å². The molecule has 0 aliphatic rings. The molecule has 0 unspecified atom stereocenters. The molecule has 0 amide bonds. The van der Waals surface area contributed by atoms with Crippen molar-refractivity contribution in [2.45, 2.75) is 0 Å². The Labute approximate surface area is 58.1 Å². The summed E-state index contributed by atoms with van der Waals surface area (Å²) in [5.41, 5.74) is 4.23. The first-order chi connectivity index (χ1) is 5.46. The van der Waals surface area contributed by atoms with Crippen LogP contribution in [0.5, 0.6) is 0 Å². The zero-order valence-electron chi connectivity index (χ0n) is 6.71. The van der Waals surface area contributed by atoms with Crippen LogP contribution in [0.3, 0.4) is 0 Å². The minimum absolute atomic E-state index is 0.702. The Morgan fingerprint density at radius 2 is 1.60 bits per heavy atom. The van der Waals surface area contributed by atoms with Crippen LogP contribution in [0.25, 0.3) is 0 Å². The molecule has 0 radical (unpaired) electrons. The molecule has 0 aliphatic carbocycles. The fraction of sp³-hybridized carbons (Fsp3) is 0. The summed E-state index contributed by atoms with van der Waals surface area (Å²) in [6.45, 7) is 0. The minimum atomic E-state index is -1.83. The van der Waals surface area contributed by atoms with E-state index in [1.165, 1.54) is 0 Å². The third kappa shape index (κ3) is 1.05. The topological polar surface area (TPSA) is 26.0 Å². The third-order valence-corrected chi connectivity index (χ3v) is 0.874. The molecule has 0 heterocycles. The van der Waals surface area contributed by atoms with Crippen LogP contribution in [-0.2, 0) is 0 Å². The van der Waals surface area contributed by atoms with Crippen LogP contribution in [0.2, 0.25) is 0 Å². The molecule has 0 fully saturated rings. The molecule has 2 N–H and O–H groups in total. The van der Waals surface area contributed by atoms with E-state index in [4.69, 9.17) is 8.48 Å². The predicted molar refractivity (Wildman–Crippen MR) is 30.7 cm³/mol. The molecule has 0 saturated heterocycles. The molecule has 1 rings (SSSR count). The molecule has 1 nitrogen and oxygen atoms in total. The summed E-state index contributed by atoms with van der Waals surface area (Å²) in [7, 11) is 0. The fourth-order valence-electron chi connectivity index (χ4n) is 0.474. The van der Waals surface area contributed by atoms with E-state index < -0.39 is 35.2 Å². The Bertz CT molecular complexity index is 235. The van der Waals surface area contributed by atoms with Gasteiger partial charge in [0.1, 0.15) is 0 Å². The molecule has 0 aliphatic heterocycles. The van der Waals surface area contributed by atoms with Gasteiger partial charge in [0, 0.05) is 17.8 Å². The zero-order chi connectivity index (χ0) is 9.46. The number of nitrogen functional groups attached to an aromatic ring is 1. The molecular formula is C6H4F3N. The minimum Gasteiger partial charge on any atom is -0.399 e. The van der Waals surface area contributed by atoms with Crippen molar-refractivity contribution in [1.29, 1.82) is 0 Å². The van der Waals surface area contributed by atoms with E-state index in [0.29, 0.717) is 0 Å². The molecular weight excluding hydrogens is 143 g/mol. The quantitative estimate of drug-likeness (QED) is 0.440. The van der Waals surface area contributed by atoms with E-state index in [2.05, 4.69) is 0 Å². The summed E-state index contributed by atoms with van der Waals surface area (Å²) < 4.78 is 50.9. The summed E-state index contributed by atoms with van der Waals surface area (Å²) in [6, 6.07) is -1.97. The van der Waals surface area contributed by atoms with Crippen LogP contribution in [0.1, 0.15) is 2.74 Å². The summed E-state index contributed by atoms with van der Waals surface area (Å²) in [5.74, 6) is -5.17. The Kier molecular flexibility index (Phi) is 1.02. The SMILES string of the molecule is [2H]c1c(N)c([2H])c(F)c(F)c1F. The largest absolute Gasteiger partial charge is 0.399 e. The summed E-state index contributed by atoms with van der Waals surface area (Å²) in [4.78, 5) is 0. The van der Waals surface area contributed by atoms with Gasteiger partial charge in [0.15, 0.2) is 17.5 Å².